The largest absolute Gasteiger partial charge is 0.443 e. The third-order valence-electron chi connectivity index (χ3n) is 2.50. The maximum atomic E-state index is 11.5. The van der Waals surface area contributed by atoms with Crippen LogP contribution in [0, 0.1) is 0 Å². The van der Waals surface area contributed by atoms with E-state index in [0.717, 1.165) is 5.69 Å². The number of alkyl carbamates (subject to hydrolysis) is 1. The Balaban J connectivity index is 1.96. The van der Waals surface area contributed by atoms with E-state index in [4.69, 9.17) is 10.5 Å². The molecule has 0 radical (unpaired) electrons. The van der Waals surface area contributed by atoms with Gasteiger partial charge in [-0.1, -0.05) is 11.3 Å². The van der Waals surface area contributed by atoms with E-state index in [9.17, 15) is 4.79 Å². The minimum Gasteiger partial charge on any atom is -0.443 e. The van der Waals surface area contributed by atoms with Crippen molar-refractivity contribution in [2.24, 2.45) is 0 Å². The molecule has 7 nitrogen and oxygen atoms in total. The van der Waals surface area contributed by atoms with Gasteiger partial charge in [-0.05, 0) is 39.0 Å². The van der Waals surface area contributed by atoms with Crippen LogP contribution in [0.15, 0.2) is 30.5 Å². The zero-order chi connectivity index (χ0) is 15.5. The Labute approximate surface area is 123 Å². The molecule has 0 unspecified atom stereocenters. The number of anilines is 1. The summed E-state index contributed by atoms with van der Waals surface area (Å²) in [7, 11) is 0. The fourth-order valence-corrected chi connectivity index (χ4v) is 1.64. The molecule has 0 aliphatic carbocycles. The molecule has 1 aromatic heterocycles. The van der Waals surface area contributed by atoms with Crippen LogP contribution in [0.1, 0.15) is 26.5 Å². The molecule has 21 heavy (non-hydrogen) atoms. The number of nitrogen functional groups attached to an aromatic ring is 1. The van der Waals surface area contributed by atoms with Gasteiger partial charge in [0.2, 0.25) is 0 Å². The summed E-state index contributed by atoms with van der Waals surface area (Å²) in [6.45, 7) is 5.70. The second-order valence-electron chi connectivity index (χ2n) is 5.70. The number of benzene rings is 1. The summed E-state index contributed by atoms with van der Waals surface area (Å²) in [6.07, 6.45) is 1.21. The highest BCUT2D eigenvalue weighted by atomic mass is 16.5. The lowest BCUT2D eigenvalue weighted by Gasteiger charge is -2.19. The SMILES string of the molecule is CC(C)(C)NC(=O)OCc1cn(-c2cccc(N)c2)nn1. The number of nitrogens with two attached hydrogens (primary N) is 1. The molecule has 7 heteroatoms. The highest BCUT2D eigenvalue weighted by molar-refractivity contribution is 5.68. The molecule has 0 saturated heterocycles. The Bertz CT molecular complexity index is 630. The van der Waals surface area contributed by atoms with E-state index < -0.39 is 6.09 Å². The van der Waals surface area contributed by atoms with Gasteiger partial charge >= 0.3 is 6.09 Å². The first-order valence-electron chi connectivity index (χ1n) is 6.55. The van der Waals surface area contributed by atoms with Crippen LogP contribution in [0.4, 0.5) is 10.5 Å². The summed E-state index contributed by atoms with van der Waals surface area (Å²) in [4.78, 5) is 11.5. The van der Waals surface area contributed by atoms with Crippen LogP contribution in [-0.2, 0) is 11.3 Å². The number of rotatable bonds is 3. The van der Waals surface area contributed by atoms with Crippen molar-refractivity contribution in [2.75, 3.05) is 5.73 Å². The maximum absolute atomic E-state index is 11.5. The summed E-state index contributed by atoms with van der Waals surface area (Å²) >= 11 is 0. The van der Waals surface area contributed by atoms with Crippen molar-refractivity contribution in [2.45, 2.75) is 32.9 Å². The lowest BCUT2D eigenvalue weighted by Crippen LogP contribution is -2.40. The van der Waals surface area contributed by atoms with Crippen molar-refractivity contribution in [3.63, 3.8) is 0 Å². The van der Waals surface area contributed by atoms with Gasteiger partial charge in [0.25, 0.3) is 0 Å². The summed E-state index contributed by atoms with van der Waals surface area (Å²) in [5.74, 6) is 0. The van der Waals surface area contributed by atoms with E-state index in [-0.39, 0.29) is 12.1 Å². The summed E-state index contributed by atoms with van der Waals surface area (Å²) in [5, 5.41) is 10.6. The highest BCUT2D eigenvalue weighted by Crippen LogP contribution is 2.11. The molecule has 1 amide bonds. The van der Waals surface area contributed by atoms with Crippen LogP contribution < -0.4 is 11.1 Å². The number of amides is 1. The van der Waals surface area contributed by atoms with Gasteiger partial charge < -0.3 is 15.8 Å². The first-order chi connectivity index (χ1) is 9.83. The molecule has 0 aliphatic heterocycles. The van der Waals surface area contributed by atoms with Crippen molar-refractivity contribution in [3.05, 3.63) is 36.2 Å². The summed E-state index contributed by atoms with van der Waals surface area (Å²) < 4.78 is 6.67. The number of ether oxygens (including phenoxy) is 1. The summed E-state index contributed by atoms with van der Waals surface area (Å²) in [5.41, 5.74) is 7.38. The number of nitrogens with zero attached hydrogens (tertiary/aromatic N) is 3. The Kier molecular flexibility index (Phi) is 4.11. The van der Waals surface area contributed by atoms with E-state index in [1.165, 1.54) is 0 Å². The van der Waals surface area contributed by atoms with Gasteiger partial charge in [-0.15, -0.1) is 5.10 Å². The third kappa shape index (κ3) is 4.48. The van der Waals surface area contributed by atoms with E-state index in [2.05, 4.69) is 15.6 Å². The molecule has 0 aliphatic rings. The highest BCUT2D eigenvalue weighted by Gasteiger charge is 2.15. The number of carbonyl (C=O) groups excluding carboxylic acids is 1. The average molecular weight is 289 g/mol. The van der Waals surface area contributed by atoms with Crippen LogP contribution in [0.3, 0.4) is 0 Å². The second-order valence-corrected chi connectivity index (χ2v) is 5.70. The Morgan fingerprint density at radius 1 is 1.43 bits per heavy atom. The van der Waals surface area contributed by atoms with Gasteiger partial charge in [-0.25, -0.2) is 9.48 Å². The zero-order valence-corrected chi connectivity index (χ0v) is 12.3. The standard InChI is InChI=1S/C14H19N5O2/c1-14(2,3)16-13(20)21-9-11-8-19(18-17-11)12-6-4-5-10(15)7-12/h4-8H,9,15H2,1-3H3,(H,16,20). The molecule has 0 saturated carbocycles. The fraction of sp³-hybridized carbons (Fsp3) is 0.357. The molecule has 0 fully saturated rings. The third-order valence-corrected chi connectivity index (χ3v) is 2.50. The molecule has 0 atom stereocenters. The molecule has 1 heterocycles. The first-order valence-corrected chi connectivity index (χ1v) is 6.55. The Hall–Kier alpha value is -2.57. The van der Waals surface area contributed by atoms with Crippen molar-refractivity contribution in [1.82, 2.24) is 20.3 Å². The zero-order valence-electron chi connectivity index (χ0n) is 12.3. The van der Waals surface area contributed by atoms with Crippen LogP contribution in [0.25, 0.3) is 5.69 Å². The second kappa shape index (κ2) is 5.82. The predicted octanol–water partition coefficient (Wildman–Crippen LogP) is 1.87. The van der Waals surface area contributed by atoms with Crippen LogP contribution in [0.5, 0.6) is 0 Å². The number of carbonyl (C=O) groups is 1. The predicted molar refractivity (Wildman–Crippen MR) is 78.8 cm³/mol. The number of hydrogen-bond donors (Lipinski definition) is 2. The van der Waals surface area contributed by atoms with E-state index >= 15 is 0 Å². The quantitative estimate of drug-likeness (QED) is 0.841. The Morgan fingerprint density at radius 3 is 2.86 bits per heavy atom. The molecule has 0 spiro atoms. The van der Waals surface area contributed by atoms with Crippen LogP contribution in [-0.4, -0.2) is 26.6 Å². The first kappa shape index (κ1) is 14.8. The van der Waals surface area contributed by atoms with Crippen molar-refractivity contribution >= 4 is 11.8 Å². The molecule has 2 aromatic rings. The smallest absolute Gasteiger partial charge is 0.407 e. The minimum absolute atomic E-state index is 0.0598. The molecular formula is C14H19N5O2. The number of aromatic nitrogens is 3. The summed E-state index contributed by atoms with van der Waals surface area (Å²) in [6, 6.07) is 7.27. The van der Waals surface area contributed by atoms with Gasteiger partial charge in [0.05, 0.1) is 11.9 Å². The number of hydrogen-bond acceptors (Lipinski definition) is 5. The molecule has 2 rings (SSSR count). The molecule has 1 aromatic carbocycles. The number of nitrogens with one attached hydrogen (secondary N) is 1. The Morgan fingerprint density at radius 2 is 2.19 bits per heavy atom. The van der Waals surface area contributed by atoms with E-state index in [0.29, 0.717) is 11.4 Å². The van der Waals surface area contributed by atoms with E-state index in [1.807, 2.05) is 32.9 Å². The minimum atomic E-state index is -0.485. The normalized spacial score (nSPS) is 11.2. The van der Waals surface area contributed by atoms with Gasteiger partial charge in [-0.3, -0.25) is 0 Å². The van der Waals surface area contributed by atoms with Crippen molar-refractivity contribution in [1.29, 1.82) is 0 Å². The van der Waals surface area contributed by atoms with Crippen LogP contribution >= 0.6 is 0 Å². The maximum Gasteiger partial charge on any atom is 0.407 e. The van der Waals surface area contributed by atoms with Gasteiger partial charge in [0.15, 0.2) is 0 Å². The topological polar surface area (TPSA) is 95.1 Å². The molecule has 3 N–H and O–H groups in total. The fourth-order valence-electron chi connectivity index (χ4n) is 1.64. The lowest BCUT2D eigenvalue weighted by atomic mass is 10.1. The van der Waals surface area contributed by atoms with E-state index in [1.54, 1.807) is 23.0 Å². The van der Waals surface area contributed by atoms with Crippen molar-refractivity contribution < 1.29 is 9.53 Å². The molecular weight excluding hydrogens is 270 g/mol. The van der Waals surface area contributed by atoms with Gasteiger partial charge in [0.1, 0.15) is 12.3 Å². The van der Waals surface area contributed by atoms with Gasteiger partial charge in [0, 0.05) is 11.2 Å². The lowest BCUT2D eigenvalue weighted by molar-refractivity contribution is 0.130. The van der Waals surface area contributed by atoms with Crippen molar-refractivity contribution in [3.8, 4) is 5.69 Å². The average Bonchev–Trinajstić information content (AvgIpc) is 2.83. The van der Waals surface area contributed by atoms with Crippen LogP contribution in [0.2, 0.25) is 0 Å². The van der Waals surface area contributed by atoms with Gasteiger partial charge in [-0.2, -0.15) is 0 Å². The molecule has 0 bridgehead atoms. The monoisotopic (exact) mass is 289 g/mol. The molecule has 112 valence electrons.